The van der Waals surface area contributed by atoms with E-state index >= 15 is 0 Å². The molecule has 0 unspecified atom stereocenters. The second kappa shape index (κ2) is 12.3. The van der Waals surface area contributed by atoms with Crippen LogP contribution >= 0.6 is 0 Å². The third-order valence-corrected chi connectivity index (χ3v) is 2.28. The summed E-state index contributed by atoms with van der Waals surface area (Å²) in [5.74, 6) is 0. The topological polar surface area (TPSA) is 53.2 Å². The first-order valence-electron chi connectivity index (χ1n) is 6.53. The fourth-order valence-electron chi connectivity index (χ4n) is 1.34. The highest BCUT2D eigenvalue weighted by Gasteiger charge is 1.94. The summed E-state index contributed by atoms with van der Waals surface area (Å²) in [6.07, 6.45) is 6.19. The number of nitrogens with one attached hydrogen (secondary N) is 3. The molecule has 0 aliphatic carbocycles. The SMILES string of the molecule is C1CCNCC1.CCCNC(=O)NCCC. The molecule has 96 valence electrons. The highest BCUT2D eigenvalue weighted by molar-refractivity contribution is 5.73. The lowest BCUT2D eigenvalue weighted by atomic mass is 10.2. The van der Waals surface area contributed by atoms with E-state index in [1.807, 2.05) is 13.8 Å². The monoisotopic (exact) mass is 229 g/mol. The molecule has 1 aliphatic rings. The number of amides is 2. The molecule has 0 aromatic carbocycles. The van der Waals surface area contributed by atoms with Gasteiger partial charge in [-0.15, -0.1) is 0 Å². The molecular formula is C12H27N3O. The lowest BCUT2D eigenvalue weighted by Gasteiger charge is -2.08. The van der Waals surface area contributed by atoms with E-state index in [1.165, 1.54) is 32.4 Å². The zero-order valence-corrected chi connectivity index (χ0v) is 10.8. The summed E-state index contributed by atoms with van der Waals surface area (Å²) in [5.41, 5.74) is 0. The van der Waals surface area contributed by atoms with Gasteiger partial charge in [0.2, 0.25) is 0 Å². The molecule has 3 N–H and O–H groups in total. The van der Waals surface area contributed by atoms with E-state index in [0.717, 1.165) is 25.9 Å². The summed E-state index contributed by atoms with van der Waals surface area (Å²) in [6, 6.07) is -0.0521. The van der Waals surface area contributed by atoms with Crippen LogP contribution in [0.5, 0.6) is 0 Å². The van der Waals surface area contributed by atoms with Gasteiger partial charge in [0, 0.05) is 13.1 Å². The summed E-state index contributed by atoms with van der Waals surface area (Å²) < 4.78 is 0. The van der Waals surface area contributed by atoms with Crippen LogP contribution in [0, 0.1) is 0 Å². The van der Waals surface area contributed by atoms with Crippen LogP contribution in [0.3, 0.4) is 0 Å². The quantitative estimate of drug-likeness (QED) is 0.689. The average Bonchev–Trinajstić information content (AvgIpc) is 2.36. The molecule has 2 amide bonds. The number of piperidine rings is 1. The van der Waals surface area contributed by atoms with Crippen molar-refractivity contribution in [3.8, 4) is 0 Å². The van der Waals surface area contributed by atoms with Gasteiger partial charge < -0.3 is 16.0 Å². The number of rotatable bonds is 4. The van der Waals surface area contributed by atoms with Gasteiger partial charge in [0.15, 0.2) is 0 Å². The van der Waals surface area contributed by atoms with Crippen LogP contribution in [-0.2, 0) is 0 Å². The molecule has 16 heavy (non-hydrogen) atoms. The van der Waals surface area contributed by atoms with Crippen molar-refractivity contribution in [3.05, 3.63) is 0 Å². The Labute approximate surface area is 99.6 Å². The van der Waals surface area contributed by atoms with Crippen LogP contribution < -0.4 is 16.0 Å². The number of carbonyl (C=O) groups is 1. The molecule has 1 saturated heterocycles. The van der Waals surface area contributed by atoms with Crippen molar-refractivity contribution in [1.82, 2.24) is 16.0 Å². The Kier molecular flexibility index (Phi) is 11.7. The van der Waals surface area contributed by atoms with E-state index in [4.69, 9.17) is 0 Å². The molecule has 0 spiro atoms. The predicted molar refractivity (Wildman–Crippen MR) is 68.7 cm³/mol. The second-order valence-corrected chi connectivity index (χ2v) is 3.99. The van der Waals surface area contributed by atoms with Crippen molar-refractivity contribution in [2.24, 2.45) is 0 Å². The van der Waals surface area contributed by atoms with E-state index < -0.39 is 0 Å². The summed E-state index contributed by atoms with van der Waals surface area (Å²) in [5, 5.41) is 8.72. The van der Waals surface area contributed by atoms with Gasteiger partial charge in [0.25, 0.3) is 0 Å². The third kappa shape index (κ3) is 11.3. The zero-order valence-electron chi connectivity index (χ0n) is 10.8. The van der Waals surface area contributed by atoms with Crippen LogP contribution in [0.4, 0.5) is 4.79 Å². The highest BCUT2D eigenvalue weighted by atomic mass is 16.2. The van der Waals surface area contributed by atoms with Gasteiger partial charge in [-0.2, -0.15) is 0 Å². The lowest BCUT2D eigenvalue weighted by molar-refractivity contribution is 0.241. The number of carbonyl (C=O) groups excluding carboxylic acids is 1. The van der Waals surface area contributed by atoms with Gasteiger partial charge in [-0.1, -0.05) is 20.3 Å². The molecule has 0 aromatic heterocycles. The van der Waals surface area contributed by atoms with E-state index in [-0.39, 0.29) is 6.03 Å². The van der Waals surface area contributed by atoms with Crippen molar-refractivity contribution in [3.63, 3.8) is 0 Å². The van der Waals surface area contributed by atoms with Crippen LogP contribution in [0.1, 0.15) is 46.0 Å². The molecule has 1 aliphatic heterocycles. The molecule has 0 aromatic rings. The van der Waals surface area contributed by atoms with Gasteiger partial charge >= 0.3 is 6.03 Å². The minimum absolute atomic E-state index is 0.0521. The van der Waals surface area contributed by atoms with Crippen LogP contribution in [0.15, 0.2) is 0 Å². The maximum absolute atomic E-state index is 10.7. The third-order valence-electron chi connectivity index (χ3n) is 2.28. The standard InChI is InChI=1S/C7H16N2O.C5H11N/c1-3-5-8-7(10)9-6-4-2;1-2-4-6-5-3-1/h3-6H2,1-2H3,(H2,8,9,10);6H,1-5H2. The fourth-order valence-corrected chi connectivity index (χ4v) is 1.34. The summed E-state index contributed by atoms with van der Waals surface area (Å²) >= 11 is 0. The van der Waals surface area contributed by atoms with Gasteiger partial charge in [-0.3, -0.25) is 0 Å². The second-order valence-electron chi connectivity index (χ2n) is 3.99. The smallest absolute Gasteiger partial charge is 0.314 e. The van der Waals surface area contributed by atoms with Crippen molar-refractivity contribution < 1.29 is 4.79 Å². The minimum atomic E-state index is -0.0521. The largest absolute Gasteiger partial charge is 0.338 e. The normalized spacial score (nSPS) is 14.6. The number of hydrogen-bond acceptors (Lipinski definition) is 2. The fraction of sp³-hybridized carbons (Fsp3) is 0.917. The predicted octanol–water partition coefficient (Wildman–Crippen LogP) is 1.87. The molecule has 4 nitrogen and oxygen atoms in total. The van der Waals surface area contributed by atoms with Crippen molar-refractivity contribution in [2.45, 2.75) is 46.0 Å². The minimum Gasteiger partial charge on any atom is -0.338 e. The highest BCUT2D eigenvalue weighted by Crippen LogP contribution is 1.96. The molecule has 0 atom stereocenters. The maximum atomic E-state index is 10.7. The van der Waals surface area contributed by atoms with Gasteiger partial charge in [0.1, 0.15) is 0 Å². The Balaban J connectivity index is 0.000000315. The van der Waals surface area contributed by atoms with E-state index in [0.29, 0.717) is 0 Å². The molecule has 1 heterocycles. The summed E-state index contributed by atoms with van der Waals surface area (Å²) in [7, 11) is 0. The zero-order chi connectivity index (χ0) is 12.1. The van der Waals surface area contributed by atoms with E-state index in [9.17, 15) is 4.79 Å². The first-order chi connectivity index (χ1) is 7.81. The van der Waals surface area contributed by atoms with Crippen LogP contribution in [0.2, 0.25) is 0 Å². The van der Waals surface area contributed by atoms with Crippen LogP contribution in [0.25, 0.3) is 0 Å². The number of urea groups is 1. The number of hydrogen-bond donors (Lipinski definition) is 3. The van der Waals surface area contributed by atoms with Gasteiger partial charge in [0.05, 0.1) is 0 Å². The Morgan fingerprint density at radius 1 is 1.00 bits per heavy atom. The molecule has 0 bridgehead atoms. The Morgan fingerprint density at radius 3 is 1.75 bits per heavy atom. The van der Waals surface area contributed by atoms with Crippen molar-refractivity contribution in [1.29, 1.82) is 0 Å². The molecule has 1 rings (SSSR count). The Hall–Kier alpha value is -0.770. The van der Waals surface area contributed by atoms with Gasteiger partial charge in [-0.05, 0) is 38.8 Å². The first-order valence-corrected chi connectivity index (χ1v) is 6.53. The van der Waals surface area contributed by atoms with Crippen LogP contribution in [-0.4, -0.2) is 32.2 Å². The van der Waals surface area contributed by atoms with E-state index in [1.54, 1.807) is 0 Å². The van der Waals surface area contributed by atoms with Gasteiger partial charge in [-0.25, -0.2) is 4.79 Å². The molecule has 1 fully saturated rings. The van der Waals surface area contributed by atoms with Crippen molar-refractivity contribution >= 4 is 6.03 Å². The molecule has 0 saturated carbocycles. The maximum Gasteiger partial charge on any atom is 0.314 e. The summed E-state index contributed by atoms with van der Waals surface area (Å²) in [6.45, 7) is 8.07. The van der Waals surface area contributed by atoms with Crippen molar-refractivity contribution in [2.75, 3.05) is 26.2 Å². The average molecular weight is 229 g/mol. The summed E-state index contributed by atoms with van der Waals surface area (Å²) in [4.78, 5) is 10.7. The van der Waals surface area contributed by atoms with E-state index in [2.05, 4.69) is 16.0 Å². The first kappa shape index (κ1) is 15.2. The molecular weight excluding hydrogens is 202 g/mol. The lowest BCUT2D eigenvalue weighted by Crippen LogP contribution is -2.36. The Morgan fingerprint density at radius 2 is 1.50 bits per heavy atom. The Bertz CT molecular complexity index is 137. The molecule has 4 heteroatoms. The molecule has 0 radical (unpaired) electrons.